The summed E-state index contributed by atoms with van der Waals surface area (Å²) in [5.74, 6) is -1.96. The molecule has 2 aliphatic rings. The van der Waals surface area contributed by atoms with Crippen molar-refractivity contribution in [2.75, 3.05) is 47.0 Å². The summed E-state index contributed by atoms with van der Waals surface area (Å²) in [5, 5.41) is 13.6. The van der Waals surface area contributed by atoms with Crippen LogP contribution in [0.15, 0.2) is 60.7 Å². The Hall–Kier alpha value is -8.01. The molecule has 4 aromatic rings. The number of rotatable bonds is 18. The molecule has 1 saturated carbocycles. The van der Waals surface area contributed by atoms with Gasteiger partial charge in [0.05, 0.1) is 43.3 Å². The van der Waals surface area contributed by atoms with Crippen LogP contribution >= 0.6 is 0 Å². The van der Waals surface area contributed by atoms with E-state index >= 15 is 4.79 Å². The molecule has 81 heavy (non-hydrogen) atoms. The van der Waals surface area contributed by atoms with Gasteiger partial charge in [0.2, 0.25) is 17.7 Å². The minimum Gasteiger partial charge on any atom is -0.491 e. The first kappa shape index (κ1) is 62.2. The number of esters is 1. The van der Waals surface area contributed by atoms with Crippen LogP contribution in [0.1, 0.15) is 126 Å². The van der Waals surface area contributed by atoms with Crippen LogP contribution in [-0.4, -0.2) is 139 Å². The molecule has 0 spiro atoms. The normalized spacial score (nSPS) is 17.2. The van der Waals surface area contributed by atoms with E-state index < -0.39 is 77.2 Å². The summed E-state index contributed by atoms with van der Waals surface area (Å²) in [6.07, 6.45) is 4.33. The number of aryl methyl sites for hydroxylation is 2. The molecular formula is C59H79N9O13. The van der Waals surface area contributed by atoms with Gasteiger partial charge in [0.15, 0.2) is 5.82 Å². The fourth-order valence-corrected chi connectivity index (χ4v) is 9.39. The van der Waals surface area contributed by atoms with E-state index in [0.717, 1.165) is 41.9 Å². The molecule has 7 N–H and O–H groups in total. The summed E-state index contributed by atoms with van der Waals surface area (Å²) in [7, 11) is 2.58. The monoisotopic (exact) mass is 1120 g/mol. The van der Waals surface area contributed by atoms with Crippen LogP contribution in [0.2, 0.25) is 0 Å². The summed E-state index contributed by atoms with van der Waals surface area (Å²) in [4.78, 5) is 107. The van der Waals surface area contributed by atoms with Gasteiger partial charge >= 0.3 is 18.2 Å². The number of amides is 6. The van der Waals surface area contributed by atoms with Gasteiger partial charge < -0.3 is 65.6 Å². The first-order chi connectivity index (χ1) is 38.3. The average Bonchev–Trinajstić information content (AvgIpc) is 3.39. The number of methoxy groups -OCH3 is 1. The number of nitrogens with zero attached hydrogens (tertiary/aromatic N) is 3. The first-order valence-electron chi connectivity index (χ1n) is 27.4. The molecule has 4 bridgehead atoms. The van der Waals surface area contributed by atoms with E-state index in [2.05, 4.69) is 26.6 Å². The lowest BCUT2D eigenvalue weighted by atomic mass is 9.93. The Labute approximate surface area is 473 Å². The maximum absolute atomic E-state index is 15.0. The SMILES string of the molecule is COC(=O)[C@@H]1Cc2ccc(OCCNC(=O)OC(C)(C)C)c(c2)-c2cc(ccc2OCCNC(=O)OC(C)(C)C)[C@H](N(C)C(=O)[C@H](CCN)NC(=O)c2c(C)nc(-c3ccc(OC4CCCCC4)cc3)nc2C)C(=O)N[C@@H](C)C(=O)N1. The minimum atomic E-state index is -1.50. The number of hydrogen-bond acceptors (Lipinski definition) is 16. The van der Waals surface area contributed by atoms with Crippen molar-refractivity contribution in [2.45, 2.75) is 149 Å². The lowest BCUT2D eigenvalue weighted by Gasteiger charge is -2.32. The topological polar surface area (TPSA) is 290 Å². The lowest BCUT2D eigenvalue weighted by Crippen LogP contribution is -2.55. The van der Waals surface area contributed by atoms with Gasteiger partial charge in [0, 0.05) is 30.2 Å². The molecule has 2 heterocycles. The van der Waals surface area contributed by atoms with Crippen molar-refractivity contribution in [3.63, 3.8) is 0 Å². The molecule has 6 rings (SSSR count). The number of likely N-dealkylation sites (N-methyl/N-ethyl adjacent to an activating group) is 1. The van der Waals surface area contributed by atoms with Crippen LogP contribution in [0.3, 0.4) is 0 Å². The standard InChI is InChI=1S/C59H79N9O13/c1-34-48(35(2)64-50(63-34)38-18-21-41(22-19-38)79-40-15-13-12-14-16-40)52(70)66-44(25-26-60)54(72)68(10)49-39-20-24-47(78-30-28-62-57(75)81-59(7,8)9)43(33-39)42-31-37(17-23-46(42)77-29-27-61-56(74)80-58(4,5)6)32-45(55(73)76-11)67-51(69)36(3)65-53(49)71/h17-24,31,33,36,40,44-45,49H,12-16,25-30,32,60H2,1-11H3,(H,61,74)(H,62,75)(H,65,71)(H,66,70)(H,67,69)/t36-,44-,45-,49-/m0/s1. The number of nitrogens with one attached hydrogen (secondary N) is 5. The zero-order valence-electron chi connectivity index (χ0n) is 48.4. The molecule has 6 amide bonds. The van der Waals surface area contributed by atoms with E-state index in [0.29, 0.717) is 33.9 Å². The van der Waals surface area contributed by atoms with Gasteiger partial charge in [0.25, 0.3) is 5.91 Å². The quantitative estimate of drug-likeness (QED) is 0.0361. The molecule has 1 aliphatic heterocycles. The third-order valence-corrected chi connectivity index (χ3v) is 13.2. The van der Waals surface area contributed by atoms with E-state index in [1.54, 1.807) is 91.8 Å². The molecule has 0 saturated heterocycles. The second-order valence-electron chi connectivity index (χ2n) is 22.1. The highest BCUT2D eigenvalue weighted by atomic mass is 16.6. The molecule has 1 aromatic heterocycles. The molecule has 438 valence electrons. The lowest BCUT2D eigenvalue weighted by molar-refractivity contribution is -0.145. The number of nitrogens with two attached hydrogens (primary N) is 1. The third-order valence-electron chi connectivity index (χ3n) is 13.2. The highest BCUT2D eigenvalue weighted by molar-refractivity contribution is 6.00. The summed E-state index contributed by atoms with van der Waals surface area (Å²) < 4.78 is 34.8. The number of alkyl carbamates (subject to hydrolysis) is 2. The minimum absolute atomic E-state index is 0.0179. The number of aromatic nitrogens is 2. The van der Waals surface area contributed by atoms with E-state index in [1.165, 1.54) is 27.5 Å². The number of benzene rings is 3. The molecule has 0 radical (unpaired) electrons. The Bertz CT molecular complexity index is 2870. The predicted molar refractivity (Wildman–Crippen MR) is 301 cm³/mol. The van der Waals surface area contributed by atoms with Crippen LogP contribution < -0.4 is 46.5 Å². The van der Waals surface area contributed by atoms with Crippen LogP contribution in [0.5, 0.6) is 17.2 Å². The van der Waals surface area contributed by atoms with Crippen molar-refractivity contribution < 1.29 is 62.0 Å². The maximum Gasteiger partial charge on any atom is 0.407 e. The predicted octanol–water partition coefficient (Wildman–Crippen LogP) is 6.31. The molecule has 3 aromatic carbocycles. The fourth-order valence-electron chi connectivity index (χ4n) is 9.39. The molecule has 1 fully saturated rings. The third kappa shape index (κ3) is 17.7. The van der Waals surface area contributed by atoms with Crippen molar-refractivity contribution in [2.24, 2.45) is 5.73 Å². The number of carbonyl (C=O) groups is 7. The number of fused-ring (bicyclic) bond motifs is 5. The van der Waals surface area contributed by atoms with E-state index in [-0.39, 0.29) is 74.4 Å². The van der Waals surface area contributed by atoms with Crippen LogP contribution in [0.25, 0.3) is 22.5 Å². The van der Waals surface area contributed by atoms with Gasteiger partial charge in [-0.2, -0.15) is 0 Å². The maximum atomic E-state index is 15.0. The Balaban J connectivity index is 1.37. The Morgan fingerprint density at radius 3 is 1.89 bits per heavy atom. The number of ether oxygens (including phenoxy) is 6. The Morgan fingerprint density at radius 1 is 0.765 bits per heavy atom. The first-order valence-corrected chi connectivity index (χ1v) is 27.4. The fraction of sp³-hybridized carbons (Fsp3) is 0.508. The van der Waals surface area contributed by atoms with Gasteiger partial charge in [0.1, 0.15) is 65.8 Å². The Kier molecular flexibility index (Phi) is 21.4. The van der Waals surface area contributed by atoms with Crippen molar-refractivity contribution in [3.8, 4) is 39.8 Å². The van der Waals surface area contributed by atoms with Gasteiger partial charge in [-0.15, -0.1) is 0 Å². The summed E-state index contributed by atoms with van der Waals surface area (Å²) in [6, 6.07) is 12.1. The van der Waals surface area contributed by atoms with Crippen LogP contribution in [0, 0.1) is 13.8 Å². The molecular weight excluding hydrogens is 1040 g/mol. The largest absolute Gasteiger partial charge is 0.491 e. The molecule has 4 atom stereocenters. The smallest absolute Gasteiger partial charge is 0.407 e. The van der Waals surface area contributed by atoms with Gasteiger partial charge in [-0.05, 0) is 161 Å². The second-order valence-corrected chi connectivity index (χ2v) is 22.1. The number of hydrogen-bond donors (Lipinski definition) is 6. The van der Waals surface area contributed by atoms with Crippen molar-refractivity contribution in [3.05, 3.63) is 88.7 Å². The molecule has 22 heteroatoms. The van der Waals surface area contributed by atoms with Crippen molar-refractivity contribution in [1.82, 2.24) is 41.5 Å². The second kappa shape index (κ2) is 27.9. The molecule has 1 aliphatic carbocycles. The Morgan fingerprint density at radius 2 is 1.33 bits per heavy atom. The zero-order valence-corrected chi connectivity index (χ0v) is 48.4. The molecule has 0 unspecified atom stereocenters. The summed E-state index contributed by atoms with van der Waals surface area (Å²) in [6.45, 7) is 15.1. The average molecular weight is 1120 g/mol. The highest BCUT2D eigenvalue weighted by Gasteiger charge is 2.37. The van der Waals surface area contributed by atoms with E-state index in [1.807, 2.05) is 24.3 Å². The zero-order chi connectivity index (χ0) is 59.2. The van der Waals surface area contributed by atoms with Crippen LogP contribution in [0.4, 0.5) is 9.59 Å². The highest BCUT2D eigenvalue weighted by Crippen LogP contribution is 2.40. The van der Waals surface area contributed by atoms with E-state index in [9.17, 15) is 28.8 Å². The van der Waals surface area contributed by atoms with Gasteiger partial charge in [-0.3, -0.25) is 19.2 Å². The van der Waals surface area contributed by atoms with Gasteiger partial charge in [-0.1, -0.05) is 18.6 Å². The number of carbonyl (C=O) groups excluding carboxylic acids is 7. The van der Waals surface area contributed by atoms with Crippen molar-refractivity contribution in [1.29, 1.82) is 0 Å². The summed E-state index contributed by atoms with van der Waals surface area (Å²) >= 11 is 0. The van der Waals surface area contributed by atoms with Crippen molar-refractivity contribution >= 4 is 41.8 Å². The van der Waals surface area contributed by atoms with Crippen LogP contribution in [-0.2, 0) is 39.8 Å². The molecule has 22 nitrogen and oxygen atoms in total. The summed E-state index contributed by atoms with van der Waals surface area (Å²) in [5.41, 5.74) is 7.70. The van der Waals surface area contributed by atoms with E-state index in [4.69, 9.17) is 44.1 Å². The van der Waals surface area contributed by atoms with Gasteiger partial charge in [-0.25, -0.2) is 24.4 Å².